The molecule has 1 aliphatic heterocycles. The average Bonchev–Trinajstić information content (AvgIpc) is 2.87. The van der Waals surface area contributed by atoms with Crippen molar-refractivity contribution in [2.24, 2.45) is 5.92 Å². The van der Waals surface area contributed by atoms with Crippen LogP contribution in [0.4, 0.5) is 0 Å². The number of aromatic nitrogens is 2. The summed E-state index contributed by atoms with van der Waals surface area (Å²) in [5.41, 5.74) is 4.48. The van der Waals surface area contributed by atoms with Crippen molar-refractivity contribution in [3.8, 4) is 0 Å². The number of benzene rings is 1. The smallest absolute Gasteiger partial charge is 0.223 e. The van der Waals surface area contributed by atoms with E-state index in [9.17, 15) is 4.79 Å². The lowest BCUT2D eigenvalue weighted by molar-refractivity contribution is -0.126. The van der Waals surface area contributed by atoms with Crippen LogP contribution in [-0.4, -0.2) is 28.3 Å². The highest BCUT2D eigenvalue weighted by atomic mass is 35.5. The van der Waals surface area contributed by atoms with E-state index in [0.717, 1.165) is 42.9 Å². The molecule has 1 amide bonds. The highest BCUT2D eigenvalue weighted by Gasteiger charge is 2.25. The lowest BCUT2D eigenvalue weighted by Crippen LogP contribution is -2.42. The van der Waals surface area contributed by atoms with Gasteiger partial charge in [-0.2, -0.15) is 5.10 Å². The van der Waals surface area contributed by atoms with Gasteiger partial charge in [-0.3, -0.25) is 9.48 Å². The zero-order chi connectivity index (χ0) is 17.8. The van der Waals surface area contributed by atoms with Crippen molar-refractivity contribution in [1.29, 1.82) is 0 Å². The number of carbonyl (C=O) groups excluding carboxylic acids is 1. The van der Waals surface area contributed by atoms with Crippen molar-refractivity contribution in [1.82, 2.24) is 20.4 Å². The molecule has 6 heteroatoms. The van der Waals surface area contributed by atoms with Gasteiger partial charge in [0.1, 0.15) is 0 Å². The van der Waals surface area contributed by atoms with Crippen LogP contribution in [0.15, 0.2) is 30.3 Å². The van der Waals surface area contributed by atoms with E-state index in [0.29, 0.717) is 12.6 Å². The summed E-state index contributed by atoms with van der Waals surface area (Å²) in [7, 11) is 0. The summed E-state index contributed by atoms with van der Waals surface area (Å²) in [5.74, 6) is 0.291. The third kappa shape index (κ3) is 4.86. The number of aryl methyl sites for hydroxylation is 1. The zero-order valence-electron chi connectivity index (χ0n) is 15.8. The van der Waals surface area contributed by atoms with Crippen molar-refractivity contribution < 1.29 is 4.79 Å². The molecule has 2 aromatic rings. The number of amides is 1. The Morgan fingerprint density at radius 3 is 2.73 bits per heavy atom. The number of hydrogen-bond donors (Lipinski definition) is 2. The first-order valence-electron chi connectivity index (χ1n) is 9.12. The van der Waals surface area contributed by atoms with Crippen molar-refractivity contribution in [3.63, 3.8) is 0 Å². The van der Waals surface area contributed by atoms with E-state index in [1.165, 1.54) is 5.56 Å². The molecule has 2 atom stereocenters. The van der Waals surface area contributed by atoms with E-state index in [1.54, 1.807) is 0 Å². The van der Waals surface area contributed by atoms with E-state index in [2.05, 4.69) is 41.7 Å². The van der Waals surface area contributed by atoms with Crippen LogP contribution in [0.3, 0.4) is 0 Å². The highest BCUT2D eigenvalue weighted by Crippen LogP contribution is 2.18. The molecule has 0 bridgehead atoms. The second kappa shape index (κ2) is 9.19. The van der Waals surface area contributed by atoms with Crippen LogP contribution in [0.5, 0.6) is 0 Å². The van der Waals surface area contributed by atoms with Crippen LogP contribution in [0.25, 0.3) is 0 Å². The molecule has 0 aliphatic carbocycles. The van der Waals surface area contributed by atoms with Gasteiger partial charge in [-0.25, -0.2) is 0 Å². The predicted octanol–water partition coefficient (Wildman–Crippen LogP) is 2.97. The predicted molar refractivity (Wildman–Crippen MR) is 107 cm³/mol. The van der Waals surface area contributed by atoms with Gasteiger partial charge in [0.05, 0.1) is 12.2 Å². The Morgan fingerprint density at radius 2 is 2.04 bits per heavy atom. The van der Waals surface area contributed by atoms with Gasteiger partial charge in [0, 0.05) is 29.8 Å². The molecular weight excluding hydrogens is 348 g/mol. The Kier molecular flexibility index (Phi) is 7.23. The van der Waals surface area contributed by atoms with Crippen molar-refractivity contribution in [2.75, 3.05) is 6.54 Å². The molecule has 1 saturated heterocycles. The van der Waals surface area contributed by atoms with Gasteiger partial charge >= 0.3 is 0 Å². The third-order valence-electron chi connectivity index (χ3n) is 5.14. The maximum atomic E-state index is 12.5. The second-order valence-corrected chi connectivity index (χ2v) is 7.09. The molecule has 1 aliphatic rings. The Hall–Kier alpha value is -1.85. The number of nitrogens with one attached hydrogen (secondary N) is 2. The fraction of sp³-hybridized carbons (Fsp3) is 0.500. The fourth-order valence-corrected chi connectivity index (χ4v) is 3.59. The quantitative estimate of drug-likeness (QED) is 0.843. The first-order valence-corrected chi connectivity index (χ1v) is 9.12. The summed E-state index contributed by atoms with van der Waals surface area (Å²) in [5, 5.41) is 11.2. The van der Waals surface area contributed by atoms with Crippen LogP contribution < -0.4 is 10.6 Å². The SMILES string of the molecule is Cc1nn(Cc2ccccc2)c(C)c1CNC(=O)[C@H]1CCN[C@@H](C)C1.Cl. The molecule has 0 saturated carbocycles. The van der Waals surface area contributed by atoms with E-state index in [1.807, 2.05) is 29.8 Å². The molecule has 3 rings (SSSR count). The van der Waals surface area contributed by atoms with E-state index in [4.69, 9.17) is 0 Å². The molecule has 0 radical (unpaired) electrons. The molecule has 0 unspecified atom stereocenters. The summed E-state index contributed by atoms with van der Waals surface area (Å²) in [6, 6.07) is 10.7. The van der Waals surface area contributed by atoms with Crippen LogP contribution >= 0.6 is 12.4 Å². The summed E-state index contributed by atoms with van der Waals surface area (Å²) >= 11 is 0. The number of rotatable bonds is 5. The van der Waals surface area contributed by atoms with Gasteiger partial charge < -0.3 is 10.6 Å². The lowest BCUT2D eigenvalue weighted by Gasteiger charge is -2.27. The van der Waals surface area contributed by atoms with Crippen LogP contribution in [0, 0.1) is 19.8 Å². The second-order valence-electron chi connectivity index (χ2n) is 7.09. The molecule has 0 spiro atoms. The number of halogens is 1. The first kappa shape index (κ1) is 20.5. The van der Waals surface area contributed by atoms with Gasteiger partial charge in [0.2, 0.25) is 5.91 Å². The van der Waals surface area contributed by atoms with Crippen LogP contribution in [-0.2, 0) is 17.9 Å². The molecule has 142 valence electrons. The molecule has 1 aromatic carbocycles. The molecule has 2 heterocycles. The van der Waals surface area contributed by atoms with Crippen molar-refractivity contribution in [3.05, 3.63) is 52.8 Å². The van der Waals surface area contributed by atoms with Gasteiger partial charge in [-0.15, -0.1) is 12.4 Å². The molecular formula is C20H29ClN4O. The van der Waals surface area contributed by atoms with E-state index < -0.39 is 0 Å². The first-order chi connectivity index (χ1) is 12.0. The van der Waals surface area contributed by atoms with Crippen LogP contribution in [0.1, 0.15) is 42.3 Å². The van der Waals surface area contributed by atoms with Gasteiger partial charge in [-0.05, 0) is 45.7 Å². The number of nitrogens with zero attached hydrogens (tertiary/aromatic N) is 2. The molecule has 1 fully saturated rings. The van der Waals surface area contributed by atoms with Crippen molar-refractivity contribution in [2.45, 2.75) is 52.7 Å². The van der Waals surface area contributed by atoms with Crippen molar-refractivity contribution >= 4 is 18.3 Å². The van der Waals surface area contributed by atoms with Gasteiger partial charge in [0.25, 0.3) is 0 Å². The van der Waals surface area contributed by atoms with E-state index >= 15 is 0 Å². The summed E-state index contributed by atoms with van der Waals surface area (Å²) < 4.78 is 2.03. The van der Waals surface area contributed by atoms with Crippen LogP contribution in [0.2, 0.25) is 0 Å². The maximum Gasteiger partial charge on any atom is 0.223 e. The molecule has 1 aromatic heterocycles. The maximum absolute atomic E-state index is 12.5. The average molecular weight is 377 g/mol. The Morgan fingerprint density at radius 1 is 1.31 bits per heavy atom. The minimum Gasteiger partial charge on any atom is -0.352 e. The minimum atomic E-state index is 0. The van der Waals surface area contributed by atoms with Gasteiger partial charge in [-0.1, -0.05) is 30.3 Å². The number of hydrogen-bond acceptors (Lipinski definition) is 3. The molecule has 5 nitrogen and oxygen atoms in total. The van der Waals surface area contributed by atoms with E-state index in [-0.39, 0.29) is 24.2 Å². The Balaban J connectivity index is 0.00000243. The molecule has 2 N–H and O–H groups in total. The third-order valence-corrected chi connectivity index (χ3v) is 5.14. The zero-order valence-corrected chi connectivity index (χ0v) is 16.6. The summed E-state index contributed by atoms with van der Waals surface area (Å²) in [4.78, 5) is 12.5. The monoisotopic (exact) mass is 376 g/mol. The minimum absolute atomic E-state index is 0. The Bertz CT molecular complexity index is 729. The standard InChI is InChI=1S/C20H28N4O.ClH/c1-14-11-18(9-10-21-14)20(25)22-12-19-15(2)23-24(16(19)3)13-17-7-5-4-6-8-17;/h4-8,14,18,21H,9-13H2,1-3H3,(H,22,25);1H/t14-,18-;/m0./s1. The molecule has 26 heavy (non-hydrogen) atoms. The normalized spacial score (nSPS) is 19.7. The summed E-state index contributed by atoms with van der Waals surface area (Å²) in [6.07, 6.45) is 1.83. The highest BCUT2D eigenvalue weighted by molar-refractivity contribution is 5.85. The number of carbonyl (C=O) groups is 1. The number of piperidine rings is 1. The topological polar surface area (TPSA) is 59.0 Å². The fourth-order valence-electron chi connectivity index (χ4n) is 3.59. The summed E-state index contributed by atoms with van der Waals surface area (Å²) in [6.45, 7) is 8.48. The van der Waals surface area contributed by atoms with Gasteiger partial charge in [0.15, 0.2) is 0 Å². The lowest BCUT2D eigenvalue weighted by atomic mass is 9.92. The largest absolute Gasteiger partial charge is 0.352 e. The Labute approximate surface area is 162 Å².